The van der Waals surface area contributed by atoms with Crippen molar-refractivity contribution in [2.45, 2.75) is 12.8 Å². The molecule has 7 nitrogen and oxygen atoms in total. The Morgan fingerprint density at radius 2 is 1.72 bits per heavy atom. The maximum Gasteiger partial charge on any atom is 0.419 e. The quantitative estimate of drug-likeness (QED) is 0.299. The number of phenols is 1. The number of phenolic OH excluding ortho intramolecular Hbond substituents is 1. The highest BCUT2D eigenvalue weighted by Crippen LogP contribution is 2.34. The van der Waals surface area contributed by atoms with E-state index in [2.05, 4.69) is 10.1 Å². The summed E-state index contributed by atoms with van der Waals surface area (Å²) in [5, 5.41) is 13.4. The molecular weight excluding hydrogens is 484 g/mol. The Morgan fingerprint density at radius 1 is 0.972 bits per heavy atom. The Hall–Kier alpha value is -4.67. The number of benzene rings is 3. The highest BCUT2D eigenvalue weighted by molar-refractivity contribution is 5.82. The van der Waals surface area contributed by atoms with E-state index in [-0.39, 0.29) is 40.6 Å². The fraction of sp³-hybridized carbons (Fsp3) is 0.0800. The van der Waals surface area contributed by atoms with Crippen molar-refractivity contribution in [1.29, 1.82) is 0 Å². The molecule has 36 heavy (non-hydrogen) atoms. The molecule has 0 aliphatic heterocycles. The number of nitrogens with zero attached hydrogens (tertiary/aromatic N) is 2. The van der Waals surface area contributed by atoms with E-state index in [9.17, 15) is 27.5 Å². The fourth-order valence-electron chi connectivity index (χ4n) is 3.49. The zero-order valence-corrected chi connectivity index (χ0v) is 18.0. The van der Waals surface area contributed by atoms with Crippen molar-refractivity contribution < 1.29 is 36.3 Å². The molecule has 0 fully saturated rings. The first-order chi connectivity index (χ1) is 17.2. The molecule has 0 spiro atoms. The molecule has 5 rings (SSSR count). The van der Waals surface area contributed by atoms with E-state index < -0.39 is 17.6 Å². The van der Waals surface area contributed by atoms with Crippen LogP contribution >= 0.6 is 0 Å². The standard InChI is InChI=1S/C25H14F4N2O5/c26-20-8-3-14(9-19(20)25(27,28)29)24-30-22(31-36-24)12-34-16-6-7-17-21(10-16)35-11-18(23(17)33)13-1-4-15(32)5-2-13/h1-11,32H,12H2. The Bertz CT molecular complexity index is 1620. The molecule has 0 saturated heterocycles. The van der Waals surface area contributed by atoms with E-state index in [1.807, 2.05) is 0 Å². The van der Waals surface area contributed by atoms with Crippen molar-refractivity contribution in [3.8, 4) is 34.1 Å². The number of halogens is 4. The van der Waals surface area contributed by atoms with Crippen LogP contribution in [0.5, 0.6) is 11.5 Å². The first-order valence-corrected chi connectivity index (χ1v) is 10.4. The molecule has 2 heterocycles. The maximum atomic E-state index is 13.5. The fourth-order valence-corrected chi connectivity index (χ4v) is 3.49. The predicted octanol–water partition coefficient (Wildman–Crippen LogP) is 5.95. The Labute approximate surface area is 199 Å². The molecule has 0 radical (unpaired) electrons. The lowest BCUT2D eigenvalue weighted by molar-refractivity contribution is -0.139. The van der Waals surface area contributed by atoms with Crippen LogP contribution in [-0.2, 0) is 12.8 Å². The summed E-state index contributed by atoms with van der Waals surface area (Å²) in [6.45, 7) is -0.196. The van der Waals surface area contributed by atoms with E-state index in [1.165, 1.54) is 36.6 Å². The minimum atomic E-state index is -4.87. The van der Waals surface area contributed by atoms with Crippen LogP contribution in [0.3, 0.4) is 0 Å². The van der Waals surface area contributed by atoms with Gasteiger partial charge in [-0.2, -0.15) is 18.2 Å². The van der Waals surface area contributed by atoms with Crippen LogP contribution in [0.25, 0.3) is 33.6 Å². The van der Waals surface area contributed by atoms with Gasteiger partial charge >= 0.3 is 6.18 Å². The van der Waals surface area contributed by atoms with Crippen molar-refractivity contribution >= 4 is 11.0 Å². The van der Waals surface area contributed by atoms with E-state index in [0.717, 1.165) is 6.07 Å². The Morgan fingerprint density at radius 3 is 2.47 bits per heavy atom. The number of aromatic hydroxyl groups is 1. The van der Waals surface area contributed by atoms with Crippen LogP contribution in [0.4, 0.5) is 17.6 Å². The molecule has 3 aromatic carbocycles. The highest BCUT2D eigenvalue weighted by atomic mass is 19.4. The van der Waals surface area contributed by atoms with Crippen molar-refractivity contribution in [3.63, 3.8) is 0 Å². The third-order valence-electron chi connectivity index (χ3n) is 5.28. The van der Waals surface area contributed by atoms with Gasteiger partial charge in [0.15, 0.2) is 12.0 Å². The summed E-state index contributed by atoms with van der Waals surface area (Å²) in [4.78, 5) is 16.9. The van der Waals surface area contributed by atoms with Crippen LogP contribution in [0.15, 0.2) is 80.7 Å². The summed E-state index contributed by atoms with van der Waals surface area (Å²) in [7, 11) is 0. The average Bonchev–Trinajstić information content (AvgIpc) is 3.32. The van der Waals surface area contributed by atoms with Crippen LogP contribution in [-0.4, -0.2) is 15.2 Å². The van der Waals surface area contributed by atoms with Gasteiger partial charge in [0.2, 0.25) is 5.82 Å². The minimum Gasteiger partial charge on any atom is -0.508 e. The van der Waals surface area contributed by atoms with Gasteiger partial charge in [-0.15, -0.1) is 0 Å². The largest absolute Gasteiger partial charge is 0.508 e. The van der Waals surface area contributed by atoms with Gasteiger partial charge in [-0.3, -0.25) is 4.79 Å². The number of ether oxygens (including phenoxy) is 1. The molecule has 0 saturated carbocycles. The van der Waals surface area contributed by atoms with Gasteiger partial charge in [0.05, 0.1) is 16.5 Å². The maximum absolute atomic E-state index is 13.5. The molecule has 1 N–H and O–H groups in total. The van der Waals surface area contributed by atoms with E-state index in [1.54, 1.807) is 12.1 Å². The predicted molar refractivity (Wildman–Crippen MR) is 119 cm³/mol. The minimum absolute atomic E-state index is 0.0344. The number of rotatable bonds is 5. The molecule has 5 aromatic rings. The topological polar surface area (TPSA) is 98.6 Å². The molecule has 182 valence electrons. The van der Waals surface area contributed by atoms with Crippen molar-refractivity contribution in [3.05, 3.63) is 94.4 Å². The summed E-state index contributed by atoms with van der Waals surface area (Å²) < 4.78 is 68.6. The molecule has 2 aromatic heterocycles. The molecule has 11 heteroatoms. The lowest BCUT2D eigenvalue weighted by atomic mass is 10.1. The van der Waals surface area contributed by atoms with Crippen LogP contribution < -0.4 is 10.2 Å². The summed E-state index contributed by atoms with van der Waals surface area (Å²) in [5.74, 6) is -1.22. The molecule has 0 bridgehead atoms. The number of aromatic nitrogens is 2. The number of hydrogen-bond acceptors (Lipinski definition) is 7. The van der Waals surface area contributed by atoms with E-state index in [4.69, 9.17) is 13.7 Å². The average molecular weight is 498 g/mol. The monoisotopic (exact) mass is 498 g/mol. The first-order valence-electron chi connectivity index (χ1n) is 10.4. The molecule has 0 aliphatic rings. The van der Waals surface area contributed by atoms with E-state index in [0.29, 0.717) is 34.4 Å². The summed E-state index contributed by atoms with van der Waals surface area (Å²) in [6.07, 6.45) is -3.56. The van der Waals surface area contributed by atoms with Crippen molar-refractivity contribution in [2.24, 2.45) is 0 Å². The van der Waals surface area contributed by atoms with Crippen LogP contribution in [0.2, 0.25) is 0 Å². The molecule has 0 unspecified atom stereocenters. The normalized spacial score (nSPS) is 11.7. The molecule has 0 atom stereocenters. The third kappa shape index (κ3) is 4.50. The van der Waals surface area contributed by atoms with Gasteiger partial charge in [0, 0.05) is 11.6 Å². The SMILES string of the molecule is O=c1c(-c2ccc(O)cc2)coc2cc(OCc3noc(-c4ccc(F)c(C(F)(F)F)c4)n3)ccc12. The first kappa shape index (κ1) is 23.1. The van der Waals surface area contributed by atoms with E-state index >= 15 is 0 Å². The molecular formula is C25H14F4N2O5. The lowest BCUT2D eigenvalue weighted by Crippen LogP contribution is -2.08. The second kappa shape index (κ2) is 8.84. The Kier molecular flexibility index (Phi) is 5.67. The second-order valence-corrected chi connectivity index (χ2v) is 7.68. The molecule has 0 aliphatic carbocycles. The van der Waals surface area contributed by atoms with Gasteiger partial charge in [-0.05, 0) is 48.0 Å². The zero-order chi connectivity index (χ0) is 25.4. The Balaban J connectivity index is 1.33. The summed E-state index contributed by atoms with van der Waals surface area (Å²) in [6, 6.07) is 13.0. The van der Waals surface area contributed by atoms with Gasteiger partial charge in [-0.1, -0.05) is 17.3 Å². The zero-order valence-electron chi connectivity index (χ0n) is 18.0. The van der Waals surface area contributed by atoms with Gasteiger partial charge < -0.3 is 18.8 Å². The number of hydrogen-bond donors (Lipinski definition) is 1. The van der Waals surface area contributed by atoms with Crippen LogP contribution in [0, 0.1) is 5.82 Å². The van der Waals surface area contributed by atoms with Crippen molar-refractivity contribution in [1.82, 2.24) is 10.1 Å². The molecule has 0 amide bonds. The van der Waals surface area contributed by atoms with Gasteiger partial charge in [0.25, 0.3) is 5.89 Å². The third-order valence-corrected chi connectivity index (χ3v) is 5.28. The number of fused-ring (bicyclic) bond motifs is 1. The van der Waals surface area contributed by atoms with Gasteiger partial charge in [-0.25, -0.2) is 4.39 Å². The highest BCUT2D eigenvalue weighted by Gasteiger charge is 2.34. The number of alkyl halides is 3. The van der Waals surface area contributed by atoms with Crippen LogP contribution in [0.1, 0.15) is 11.4 Å². The second-order valence-electron chi connectivity index (χ2n) is 7.68. The lowest BCUT2D eigenvalue weighted by Gasteiger charge is -2.08. The van der Waals surface area contributed by atoms with Gasteiger partial charge in [0.1, 0.15) is 29.2 Å². The summed E-state index contributed by atoms with van der Waals surface area (Å²) in [5.41, 5.74) is -0.638. The smallest absolute Gasteiger partial charge is 0.419 e. The van der Waals surface area contributed by atoms with Crippen molar-refractivity contribution in [2.75, 3.05) is 0 Å². The summed E-state index contributed by atoms with van der Waals surface area (Å²) >= 11 is 0.